The Morgan fingerprint density at radius 3 is 2.59 bits per heavy atom. The lowest BCUT2D eigenvalue weighted by atomic mass is 9.97. The molecule has 2 aromatic rings. The number of nitrogens with one attached hydrogen (secondary N) is 1. The summed E-state index contributed by atoms with van der Waals surface area (Å²) in [6.45, 7) is 4.01. The minimum Gasteiger partial charge on any atom is -0.329 e. The largest absolute Gasteiger partial charge is 0.330 e. The van der Waals surface area contributed by atoms with E-state index in [1.54, 1.807) is 18.2 Å². The van der Waals surface area contributed by atoms with Crippen LogP contribution in [0.5, 0.6) is 0 Å². The second kappa shape index (κ2) is 8.47. The van der Waals surface area contributed by atoms with E-state index in [1.165, 1.54) is 17.0 Å². The van der Waals surface area contributed by atoms with Crippen LogP contribution in [0.25, 0.3) is 0 Å². The number of Topliss-reactive ketones (excluding diaryl/α,β-unsaturated/α-hetero) is 1. The fourth-order valence-electron chi connectivity index (χ4n) is 4.10. The first-order chi connectivity index (χ1) is 15.2. The highest BCUT2D eigenvalue weighted by atomic mass is 35.5. The number of aryl methyl sites for hydroxylation is 1. The molecule has 32 heavy (non-hydrogen) atoms. The first-order valence-electron chi connectivity index (χ1n) is 10.3. The van der Waals surface area contributed by atoms with Gasteiger partial charge in [0.15, 0.2) is 0 Å². The van der Waals surface area contributed by atoms with Gasteiger partial charge in [0.25, 0.3) is 5.91 Å². The van der Waals surface area contributed by atoms with Crippen LogP contribution in [0.15, 0.2) is 54.7 Å². The van der Waals surface area contributed by atoms with E-state index in [0.717, 1.165) is 17.7 Å². The number of halogens is 3. The average molecular weight is 459 g/mol. The molecule has 0 spiro atoms. The van der Waals surface area contributed by atoms with E-state index in [4.69, 9.17) is 11.6 Å². The predicted octanol–water partition coefficient (Wildman–Crippen LogP) is 4.38. The Labute approximate surface area is 189 Å². The molecule has 2 aromatic carbocycles. The lowest BCUT2D eigenvalue weighted by Gasteiger charge is -2.30. The van der Waals surface area contributed by atoms with Crippen molar-refractivity contribution in [3.05, 3.63) is 82.0 Å². The van der Waals surface area contributed by atoms with Crippen molar-refractivity contribution >= 4 is 29.2 Å². The van der Waals surface area contributed by atoms with Gasteiger partial charge in [-0.15, -0.1) is 0 Å². The highest BCUT2D eigenvalue weighted by molar-refractivity contribution is 6.30. The van der Waals surface area contributed by atoms with E-state index in [-0.39, 0.29) is 31.2 Å². The maximum atomic E-state index is 14.5. The van der Waals surface area contributed by atoms with Gasteiger partial charge in [0.05, 0.1) is 0 Å². The Morgan fingerprint density at radius 2 is 1.91 bits per heavy atom. The van der Waals surface area contributed by atoms with Gasteiger partial charge < -0.3 is 10.2 Å². The van der Waals surface area contributed by atoms with Crippen molar-refractivity contribution in [2.75, 3.05) is 0 Å². The quantitative estimate of drug-likeness (QED) is 0.698. The van der Waals surface area contributed by atoms with Crippen LogP contribution in [0.2, 0.25) is 5.02 Å². The third-order valence-electron chi connectivity index (χ3n) is 5.90. The summed E-state index contributed by atoms with van der Waals surface area (Å²) < 4.78 is 29.0. The Hall–Kier alpha value is -3.06. The molecule has 0 radical (unpaired) electrons. The number of amides is 2. The lowest BCUT2D eigenvalue weighted by Crippen LogP contribution is -2.49. The smallest absolute Gasteiger partial charge is 0.329 e. The summed E-state index contributed by atoms with van der Waals surface area (Å²) in [6, 6.07) is 9.42. The van der Waals surface area contributed by atoms with Gasteiger partial charge in [0, 0.05) is 34.8 Å². The van der Waals surface area contributed by atoms with Crippen LogP contribution in [0, 0.1) is 0 Å². The van der Waals surface area contributed by atoms with Gasteiger partial charge >= 0.3 is 5.92 Å². The van der Waals surface area contributed by atoms with Crippen molar-refractivity contribution in [3.8, 4) is 0 Å². The second-order valence-corrected chi connectivity index (χ2v) is 8.51. The van der Waals surface area contributed by atoms with E-state index in [9.17, 15) is 23.2 Å². The number of hydrogen-bond acceptors (Lipinski definition) is 3. The number of ketones is 1. The molecular formula is C24H21ClF2N2O3. The van der Waals surface area contributed by atoms with Crippen LogP contribution in [0.3, 0.4) is 0 Å². The third-order valence-corrected chi connectivity index (χ3v) is 6.15. The van der Waals surface area contributed by atoms with Crippen LogP contribution in [-0.2, 0) is 28.5 Å². The molecule has 0 bridgehead atoms. The average Bonchev–Trinajstić information content (AvgIpc) is 3.08. The zero-order chi connectivity index (χ0) is 23.0. The second-order valence-electron chi connectivity index (χ2n) is 8.08. The first kappa shape index (κ1) is 22.1. The standard InChI is InChI=1S/C24H21ClF2N2O3/c1-14-2-10-20(22(31)28-14)29-13-16-12-15(3-9-19(16)23(29)32)4-11-21(30)24(26,27)17-5-7-18(25)8-6-17/h3,5-9,12,20H,1-2,4,10-11,13H2,(H,28,31). The maximum Gasteiger partial charge on any atom is 0.330 e. The van der Waals surface area contributed by atoms with Gasteiger partial charge in [-0.3, -0.25) is 14.4 Å². The first-order valence-corrected chi connectivity index (χ1v) is 10.6. The molecule has 2 amide bonds. The minimum absolute atomic E-state index is 0.118. The summed E-state index contributed by atoms with van der Waals surface area (Å²) >= 11 is 5.73. The van der Waals surface area contributed by atoms with E-state index in [1.807, 2.05) is 0 Å². The van der Waals surface area contributed by atoms with Crippen LogP contribution >= 0.6 is 11.6 Å². The number of carbonyl (C=O) groups excluding carboxylic acids is 3. The minimum atomic E-state index is -3.60. The Balaban J connectivity index is 1.43. The zero-order valence-electron chi connectivity index (χ0n) is 17.2. The van der Waals surface area contributed by atoms with E-state index in [0.29, 0.717) is 34.7 Å². The molecule has 0 saturated carbocycles. The number of allylic oxidation sites excluding steroid dienone is 1. The number of alkyl halides is 2. The number of benzene rings is 2. The molecule has 1 unspecified atom stereocenters. The topological polar surface area (TPSA) is 66.5 Å². The monoisotopic (exact) mass is 458 g/mol. The number of hydrogen-bond donors (Lipinski definition) is 1. The highest BCUT2D eigenvalue weighted by Gasteiger charge is 2.40. The number of nitrogens with zero attached hydrogens (tertiary/aromatic N) is 1. The molecule has 4 rings (SSSR count). The van der Waals surface area contributed by atoms with Crippen molar-refractivity contribution in [1.29, 1.82) is 0 Å². The van der Waals surface area contributed by atoms with Crippen LogP contribution in [0.4, 0.5) is 8.78 Å². The molecule has 2 aliphatic heterocycles. The van der Waals surface area contributed by atoms with Gasteiger partial charge in [-0.2, -0.15) is 8.78 Å². The molecule has 0 aromatic heterocycles. The van der Waals surface area contributed by atoms with Crippen molar-refractivity contribution in [3.63, 3.8) is 0 Å². The normalized spacial score (nSPS) is 18.5. The summed E-state index contributed by atoms with van der Waals surface area (Å²) in [7, 11) is 0. The Morgan fingerprint density at radius 1 is 1.19 bits per heavy atom. The van der Waals surface area contributed by atoms with Crippen LogP contribution < -0.4 is 5.32 Å². The van der Waals surface area contributed by atoms with Gasteiger partial charge in [-0.05, 0) is 48.6 Å². The molecule has 1 saturated heterocycles. The van der Waals surface area contributed by atoms with Gasteiger partial charge in [-0.25, -0.2) is 0 Å². The van der Waals surface area contributed by atoms with Crippen molar-refractivity contribution in [2.45, 2.75) is 44.2 Å². The lowest BCUT2D eigenvalue weighted by molar-refractivity contribution is -0.144. The van der Waals surface area contributed by atoms with E-state index < -0.39 is 23.3 Å². The fourth-order valence-corrected chi connectivity index (χ4v) is 4.22. The molecule has 166 valence electrons. The fraction of sp³-hybridized carbons (Fsp3) is 0.292. The summed E-state index contributed by atoms with van der Waals surface area (Å²) in [5.74, 6) is -5.27. The zero-order valence-corrected chi connectivity index (χ0v) is 17.9. The SMILES string of the molecule is C=C1CCC(N2Cc3cc(CCC(=O)C(F)(F)c4ccc(Cl)cc4)ccc3C2=O)C(=O)N1. The van der Waals surface area contributed by atoms with Crippen molar-refractivity contribution in [1.82, 2.24) is 10.2 Å². The van der Waals surface area contributed by atoms with E-state index >= 15 is 0 Å². The van der Waals surface area contributed by atoms with Crippen molar-refractivity contribution in [2.24, 2.45) is 0 Å². The maximum absolute atomic E-state index is 14.5. The molecule has 2 heterocycles. The molecule has 1 atom stereocenters. The summed E-state index contributed by atoms with van der Waals surface area (Å²) in [6.07, 6.45) is 0.879. The highest BCUT2D eigenvalue weighted by Crippen LogP contribution is 2.32. The molecule has 0 aliphatic carbocycles. The molecule has 1 fully saturated rings. The molecule has 2 aliphatic rings. The molecule has 1 N–H and O–H groups in total. The Kier molecular flexibility index (Phi) is 5.86. The summed E-state index contributed by atoms with van der Waals surface area (Å²) in [5, 5.41) is 3.00. The molecule has 8 heteroatoms. The number of rotatable bonds is 6. The third kappa shape index (κ3) is 4.17. The summed E-state index contributed by atoms with van der Waals surface area (Å²) in [5.41, 5.74) is 2.14. The number of piperidine rings is 1. The van der Waals surface area contributed by atoms with Gasteiger partial charge in [0.2, 0.25) is 11.7 Å². The van der Waals surface area contributed by atoms with Crippen molar-refractivity contribution < 1.29 is 23.2 Å². The van der Waals surface area contributed by atoms with Crippen LogP contribution in [-0.4, -0.2) is 28.5 Å². The molecule has 5 nitrogen and oxygen atoms in total. The Bertz CT molecular complexity index is 1110. The number of fused-ring (bicyclic) bond motifs is 1. The van der Waals surface area contributed by atoms with Gasteiger partial charge in [0.1, 0.15) is 6.04 Å². The van der Waals surface area contributed by atoms with Gasteiger partial charge in [-0.1, -0.05) is 42.4 Å². The van der Waals surface area contributed by atoms with E-state index in [2.05, 4.69) is 11.9 Å². The summed E-state index contributed by atoms with van der Waals surface area (Å²) in [4.78, 5) is 38.8. The van der Waals surface area contributed by atoms with Crippen LogP contribution in [0.1, 0.15) is 46.3 Å². The number of carbonyl (C=O) groups is 3. The molecular weight excluding hydrogens is 438 g/mol. The predicted molar refractivity (Wildman–Crippen MR) is 115 cm³/mol.